The standard InChI is InChI=1S/C23H21ClF3N3O5S2/c1-15(30(36(2,32)33)18-6-4-3-5-7-18)22(31)28-16-8-11-19(12-9-16)37(34,35)29-17-10-13-21(24)20(14-17)23(25,26)27/h3-15,29H,1-2H3,(H,28,31). The zero-order chi connectivity index (χ0) is 27.6. The zero-order valence-corrected chi connectivity index (χ0v) is 21.7. The summed E-state index contributed by atoms with van der Waals surface area (Å²) in [5.74, 6) is -0.677. The molecule has 1 atom stereocenters. The Bertz CT molecular complexity index is 1500. The molecule has 0 aromatic heterocycles. The monoisotopic (exact) mass is 575 g/mol. The number of amides is 1. The number of sulfonamides is 2. The minimum absolute atomic E-state index is 0.170. The van der Waals surface area contributed by atoms with Crippen molar-refractivity contribution in [3.8, 4) is 0 Å². The lowest BCUT2D eigenvalue weighted by molar-refractivity contribution is -0.137. The second kappa shape index (κ2) is 10.6. The SMILES string of the molecule is CC(C(=O)Nc1ccc(S(=O)(=O)Nc2ccc(Cl)c(C(F)(F)F)c2)cc1)N(c1ccccc1)S(C)(=O)=O. The third-order valence-electron chi connectivity index (χ3n) is 5.06. The summed E-state index contributed by atoms with van der Waals surface area (Å²) in [4.78, 5) is 12.5. The molecule has 1 unspecified atom stereocenters. The van der Waals surface area contributed by atoms with E-state index in [9.17, 15) is 34.8 Å². The van der Waals surface area contributed by atoms with Crippen LogP contribution in [0.25, 0.3) is 0 Å². The molecule has 0 bridgehead atoms. The molecule has 3 rings (SSSR count). The van der Waals surface area contributed by atoms with E-state index < -0.39 is 48.8 Å². The van der Waals surface area contributed by atoms with Crippen LogP contribution in [0.1, 0.15) is 12.5 Å². The van der Waals surface area contributed by atoms with Crippen molar-refractivity contribution >= 4 is 54.6 Å². The number of nitrogens with one attached hydrogen (secondary N) is 2. The molecule has 198 valence electrons. The molecule has 2 N–H and O–H groups in total. The Balaban J connectivity index is 1.77. The van der Waals surface area contributed by atoms with Gasteiger partial charge in [0.05, 0.1) is 27.4 Å². The average Bonchev–Trinajstić information content (AvgIpc) is 2.79. The van der Waals surface area contributed by atoms with Gasteiger partial charge in [-0.05, 0) is 61.5 Å². The Kier molecular flexibility index (Phi) is 8.10. The number of alkyl halides is 3. The van der Waals surface area contributed by atoms with Crippen molar-refractivity contribution in [2.75, 3.05) is 20.6 Å². The Hall–Kier alpha value is -3.29. The van der Waals surface area contributed by atoms with E-state index >= 15 is 0 Å². The summed E-state index contributed by atoms with van der Waals surface area (Å²) in [6, 6.07) is 14.3. The Morgan fingerprint density at radius 2 is 1.49 bits per heavy atom. The van der Waals surface area contributed by atoms with Crippen LogP contribution in [-0.4, -0.2) is 35.0 Å². The smallest absolute Gasteiger partial charge is 0.324 e. The fourth-order valence-corrected chi connectivity index (χ4v) is 5.82. The first kappa shape index (κ1) is 28.3. The number of para-hydroxylation sites is 1. The highest BCUT2D eigenvalue weighted by atomic mass is 35.5. The number of carbonyl (C=O) groups is 1. The van der Waals surface area contributed by atoms with Gasteiger partial charge in [0.25, 0.3) is 10.0 Å². The maximum absolute atomic E-state index is 13.1. The molecule has 0 spiro atoms. The number of nitrogens with zero attached hydrogens (tertiary/aromatic N) is 1. The Morgan fingerprint density at radius 3 is 2.03 bits per heavy atom. The molecule has 0 saturated heterocycles. The molecule has 0 heterocycles. The van der Waals surface area contributed by atoms with Crippen molar-refractivity contribution < 1.29 is 34.8 Å². The van der Waals surface area contributed by atoms with Gasteiger partial charge in [0.15, 0.2) is 0 Å². The van der Waals surface area contributed by atoms with Crippen molar-refractivity contribution in [3.63, 3.8) is 0 Å². The van der Waals surface area contributed by atoms with Crippen LogP contribution in [0.2, 0.25) is 5.02 Å². The molecule has 0 radical (unpaired) electrons. The predicted molar refractivity (Wildman–Crippen MR) is 136 cm³/mol. The Labute approximate surface area is 217 Å². The molecule has 37 heavy (non-hydrogen) atoms. The number of hydrogen-bond acceptors (Lipinski definition) is 5. The summed E-state index contributed by atoms with van der Waals surface area (Å²) in [7, 11) is -8.10. The van der Waals surface area contributed by atoms with Gasteiger partial charge in [-0.1, -0.05) is 29.8 Å². The van der Waals surface area contributed by atoms with Gasteiger partial charge in [0.1, 0.15) is 6.04 Å². The van der Waals surface area contributed by atoms with Gasteiger partial charge >= 0.3 is 6.18 Å². The van der Waals surface area contributed by atoms with Crippen LogP contribution >= 0.6 is 11.6 Å². The maximum atomic E-state index is 13.1. The fraction of sp³-hybridized carbons (Fsp3) is 0.174. The lowest BCUT2D eigenvalue weighted by atomic mass is 10.2. The first-order valence-electron chi connectivity index (χ1n) is 10.4. The minimum Gasteiger partial charge on any atom is -0.324 e. The molecule has 0 aliphatic carbocycles. The first-order valence-corrected chi connectivity index (χ1v) is 14.2. The number of anilines is 3. The van der Waals surface area contributed by atoms with Crippen LogP contribution in [0.15, 0.2) is 77.7 Å². The topological polar surface area (TPSA) is 113 Å². The predicted octanol–water partition coefficient (Wildman–Crippen LogP) is 4.95. The van der Waals surface area contributed by atoms with Crippen molar-refractivity contribution in [2.24, 2.45) is 0 Å². The molecule has 0 fully saturated rings. The van der Waals surface area contributed by atoms with Crippen LogP contribution in [0, 0.1) is 0 Å². The molecule has 14 heteroatoms. The second-order valence-electron chi connectivity index (χ2n) is 7.88. The van der Waals surface area contributed by atoms with Gasteiger partial charge in [-0.3, -0.25) is 13.8 Å². The zero-order valence-electron chi connectivity index (χ0n) is 19.3. The summed E-state index contributed by atoms with van der Waals surface area (Å²) >= 11 is 5.56. The lowest BCUT2D eigenvalue weighted by Crippen LogP contribution is -2.45. The third-order valence-corrected chi connectivity index (χ3v) is 8.02. The van der Waals surface area contributed by atoms with Gasteiger partial charge in [-0.15, -0.1) is 0 Å². The highest BCUT2D eigenvalue weighted by molar-refractivity contribution is 7.92. The maximum Gasteiger partial charge on any atom is 0.417 e. The summed E-state index contributed by atoms with van der Waals surface area (Å²) < 4.78 is 92.2. The number of benzene rings is 3. The first-order chi connectivity index (χ1) is 17.1. The van der Waals surface area contributed by atoms with E-state index in [2.05, 4.69) is 10.0 Å². The molecule has 3 aromatic carbocycles. The van der Waals surface area contributed by atoms with Crippen molar-refractivity contribution in [1.82, 2.24) is 0 Å². The van der Waals surface area contributed by atoms with Crippen molar-refractivity contribution in [3.05, 3.63) is 83.4 Å². The average molecular weight is 576 g/mol. The quantitative estimate of drug-likeness (QED) is 0.394. The summed E-state index contributed by atoms with van der Waals surface area (Å²) in [5, 5.41) is 1.95. The van der Waals surface area contributed by atoms with Crippen LogP contribution in [0.3, 0.4) is 0 Å². The molecular formula is C23H21ClF3N3O5S2. The molecule has 0 saturated carbocycles. The molecular weight excluding hydrogens is 555 g/mol. The van der Waals surface area contributed by atoms with Crippen LogP contribution in [-0.2, 0) is 31.0 Å². The van der Waals surface area contributed by atoms with Crippen LogP contribution in [0.5, 0.6) is 0 Å². The van der Waals surface area contributed by atoms with E-state index in [0.717, 1.165) is 34.8 Å². The van der Waals surface area contributed by atoms with Gasteiger partial charge in [0, 0.05) is 11.4 Å². The van der Waals surface area contributed by atoms with E-state index in [-0.39, 0.29) is 22.0 Å². The molecule has 0 aliphatic rings. The van der Waals surface area contributed by atoms with Gasteiger partial charge in [-0.25, -0.2) is 16.8 Å². The van der Waals surface area contributed by atoms with E-state index in [1.54, 1.807) is 18.2 Å². The lowest BCUT2D eigenvalue weighted by Gasteiger charge is -2.28. The number of halogens is 4. The van der Waals surface area contributed by atoms with E-state index in [1.165, 1.54) is 31.2 Å². The van der Waals surface area contributed by atoms with Crippen molar-refractivity contribution in [2.45, 2.75) is 24.0 Å². The van der Waals surface area contributed by atoms with E-state index in [0.29, 0.717) is 6.07 Å². The second-order valence-corrected chi connectivity index (χ2v) is 11.8. The third kappa shape index (κ3) is 6.93. The molecule has 0 aliphatic heterocycles. The minimum atomic E-state index is -4.78. The highest BCUT2D eigenvalue weighted by Crippen LogP contribution is 2.36. The molecule has 1 amide bonds. The van der Waals surface area contributed by atoms with E-state index in [1.807, 2.05) is 0 Å². The fourth-order valence-electron chi connectivity index (χ4n) is 3.37. The number of hydrogen-bond donors (Lipinski definition) is 2. The largest absolute Gasteiger partial charge is 0.417 e. The van der Waals surface area contributed by atoms with Crippen LogP contribution < -0.4 is 14.3 Å². The normalized spacial score (nSPS) is 13.0. The van der Waals surface area contributed by atoms with Crippen molar-refractivity contribution in [1.29, 1.82) is 0 Å². The van der Waals surface area contributed by atoms with E-state index in [4.69, 9.17) is 11.6 Å². The summed E-state index contributed by atoms with van der Waals surface area (Å²) in [6.45, 7) is 1.40. The van der Waals surface area contributed by atoms with Gasteiger partial charge in [-0.2, -0.15) is 13.2 Å². The molecule has 8 nitrogen and oxygen atoms in total. The van der Waals surface area contributed by atoms with Gasteiger partial charge in [0.2, 0.25) is 15.9 Å². The summed E-state index contributed by atoms with van der Waals surface area (Å²) in [6.07, 6.45) is -3.81. The Morgan fingerprint density at radius 1 is 0.919 bits per heavy atom. The summed E-state index contributed by atoms with van der Waals surface area (Å²) in [5.41, 5.74) is -1.08. The number of carbonyl (C=O) groups excluding carboxylic acids is 1. The van der Waals surface area contributed by atoms with Crippen LogP contribution in [0.4, 0.5) is 30.2 Å². The number of rotatable bonds is 8. The highest BCUT2D eigenvalue weighted by Gasteiger charge is 2.34. The molecule has 3 aromatic rings. The van der Waals surface area contributed by atoms with Gasteiger partial charge < -0.3 is 5.32 Å².